The zero-order chi connectivity index (χ0) is 12.1. The van der Waals surface area contributed by atoms with Gasteiger partial charge in [-0.2, -0.15) is 5.10 Å². The Labute approximate surface area is 106 Å². The predicted molar refractivity (Wildman–Crippen MR) is 66.4 cm³/mol. The lowest BCUT2D eigenvalue weighted by molar-refractivity contribution is 0.251. The van der Waals surface area contributed by atoms with E-state index in [1.807, 2.05) is 0 Å². The molecule has 0 radical (unpaired) electrons. The Morgan fingerprint density at radius 2 is 2.18 bits per heavy atom. The Morgan fingerprint density at radius 3 is 2.82 bits per heavy atom. The number of amides is 2. The maximum atomic E-state index is 11.5. The third kappa shape index (κ3) is 3.28. The molecule has 3 N–H and O–H groups in total. The topological polar surface area (TPSA) is 82.7 Å². The van der Waals surface area contributed by atoms with Crippen LogP contribution < -0.4 is 10.6 Å². The zero-order valence-corrected chi connectivity index (χ0v) is 10.4. The molecular weight excluding hydrogens is 286 g/mol. The van der Waals surface area contributed by atoms with Gasteiger partial charge in [-0.3, -0.25) is 10.1 Å². The molecule has 2 aromatic heterocycles. The molecule has 0 aromatic carbocycles. The maximum Gasteiger partial charge on any atom is 0.319 e. The van der Waals surface area contributed by atoms with E-state index in [0.717, 1.165) is 10.2 Å². The number of rotatable bonds is 3. The summed E-state index contributed by atoms with van der Waals surface area (Å²) >= 11 is 3.31. The lowest BCUT2D eigenvalue weighted by atomic mass is 10.4. The third-order valence-corrected chi connectivity index (χ3v) is 2.71. The number of urea groups is 1. The van der Waals surface area contributed by atoms with Crippen molar-refractivity contribution in [2.24, 2.45) is 0 Å². The second kappa shape index (κ2) is 5.44. The lowest BCUT2D eigenvalue weighted by Gasteiger charge is -2.06. The van der Waals surface area contributed by atoms with Crippen LogP contribution in [-0.4, -0.2) is 21.2 Å². The molecule has 88 valence electrons. The minimum atomic E-state index is -0.280. The molecule has 0 atom stereocenters. The highest BCUT2D eigenvalue weighted by Crippen LogP contribution is 2.12. The summed E-state index contributed by atoms with van der Waals surface area (Å²) in [4.78, 5) is 15.4. The molecule has 6 nitrogen and oxygen atoms in total. The van der Waals surface area contributed by atoms with Gasteiger partial charge in [-0.25, -0.2) is 4.79 Å². The predicted octanol–water partition coefficient (Wildman–Crippen LogP) is 1.89. The van der Waals surface area contributed by atoms with Gasteiger partial charge in [-0.1, -0.05) is 0 Å². The molecule has 0 saturated carbocycles. The average molecular weight is 296 g/mol. The van der Waals surface area contributed by atoms with E-state index in [1.54, 1.807) is 30.7 Å². The number of aromatic nitrogens is 3. The Balaban J connectivity index is 1.84. The van der Waals surface area contributed by atoms with Crippen LogP contribution in [0.5, 0.6) is 0 Å². The summed E-state index contributed by atoms with van der Waals surface area (Å²) in [7, 11) is 0. The summed E-state index contributed by atoms with van der Waals surface area (Å²) in [6.07, 6.45) is 4.86. The van der Waals surface area contributed by atoms with Crippen molar-refractivity contribution in [3.8, 4) is 0 Å². The number of anilines is 1. The van der Waals surface area contributed by atoms with Gasteiger partial charge in [-0.05, 0) is 28.1 Å². The second-order valence-electron chi connectivity index (χ2n) is 3.24. The monoisotopic (exact) mass is 295 g/mol. The van der Waals surface area contributed by atoms with Gasteiger partial charge in [0.1, 0.15) is 0 Å². The van der Waals surface area contributed by atoms with E-state index >= 15 is 0 Å². The van der Waals surface area contributed by atoms with Gasteiger partial charge < -0.3 is 10.6 Å². The van der Waals surface area contributed by atoms with Crippen LogP contribution in [0.4, 0.5) is 10.5 Å². The number of hydrogen-bond donors (Lipinski definition) is 3. The van der Waals surface area contributed by atoms with Gasteiger partial charge in [0.25, 0.3) is 0 Å². The summed E-state index contributed by atoms with van der Waals surface area (Å²) in [5.41, 5.74) is 1.51. The average Bonchev–Trinajstić information content (AvgIpc) is 2.74. The Hall–Kier alpha value is -1.89. The number of pyridine rings is 1. The first-order valence-corrected chi connectivity index (χ1v) is 5.67. The number of nitrogens with zero attached hydrogens (tertiary/aromatic N) is 2. The molecule has 7 heteroatoms. The van der Waals surface area contributed by atoms with Gasteiger partial charge in [0.15, 0.2) is 0 Å². The molecule has 0 aliphatic rings. The van der Waals surface area contributed by atoms with E-state index < -0.39 is 0 Å². The smallest absolute Gasteiger partial charge is 0.319 e. The fourth-order valence-corrected chi connectivity index (χ4v) is 1.53. The van der Waals surface area contributed by atoms with Gasteiger partial charge in [0, 0.05) is 18.1 Å². The van der Waals surface area contributed by atoms with Crippen molar-refractivity contribution in [1.82, 2.24) is 20.5 Å². The molecule has 0 fully saturated rings. The maximum absolute atomic E-state index is 11.5. The summed E-state index contributed by atoms with van der Waals surface area (Å²) < 4.78 is 0.835. The minimum Gasteiger partial charge on any atom is -0.332 e. The molecule has 0 spiro atoms. The van der Waals surface area contributed by atoms with Crippen LogP contribution in [0.3, 0.4) is 0 Å². The summed E-state index contributed by atoms with van der Waals surface area (Å²) in [6.45, 7) is 0.373. The van der Waals surface area contributed by atoms with Gasteiger partial charge in [0.2, 0.25) is 0 Å². The van der Waals surface area contributed by atoms with Crippen LogP contribution in [0.15, 0.2) is 35.2 Å². The van der Waals surface area contributed by atoms with Crippen molar-refractivity contribution in [1.29, 1.82) is 0 Å². The summed E-state index contributed by atoms with van der Waals surface area (Å²) in [5.74, 6) is 0. The first-order chi connectivity index (χ1) is 8.25. The molecule has 0 aliphatic carbocycles. The summed E-state index contributed by atoms with van der Waals surface area (Å²) in [6, 6.07) is 3.15. The van der Waals surface area contributed by atoms with E-state index in [0.29, 0.717) is 12.2 Å². The Morgan fingerprint density at radius 1 is 1.41 bits per heavy atom. The third-order valence-electron chi connectivity index (χ3n) is 2.03. The molecule has 0 unspecified atom stereocenters. The molecule has 0 aliphatic heterocycles. The van der Waals surface area contributed by atoms with Crippen molar-refractivity contribution in [2.75, 3.05) is 5.32 Å². The van der Waals surface area contributed by atoms with E-state index in [9.17, 15) is 4.79 Å². The molecule has 0 bridgehead atoms. The molecule has 0 saturated heterocycles. The van der Waals surface area contributed by atoms with Crippen LogP contribution in [-0.2, 0) is 6.54 Å². The number of aromatic amines is 1. The van der Waals surface area contributed by atoms with Crippen molar-refractivity contribution in [3.63, 3.8) is 0 Å². The van der Waals surface area contributed by atoms with Gasteiger partial charge in [0.05, 0.1) is 22.9 Å². The number of H-pyrrole nitrogens is 1. The SMILES string of the molecule is O=C(NCc1[nH]ncc1Br)Nc1ccncc1. The molecular formula is C10H10BrN5O. The van der Waals surface area contributed by atoms with Crippen LogP contribution in [0.1, 0.15) is 5.69 Å². The highest BCUT2D eigenvalue weighted by molar-refractivity contribution is 9.10. The van der Waals surface area contributed by atoms with Crippen molar-refractivity contribution in [2.45, 2.75) is 6.54 Å². The minimum absolute atomic E-state index is 0.280. The molecule has 2 heterocycles. The highest BCUT2D eigenvalue weighted by Gasteiger charge is 2.04. The van der Waals surface area contributed by atoms with Crippen molar-refractivity contribution in [3.05, 3.63) is 40.9 Å². The number of carbonyl (C=O) groups excluding carboxylic acids is 1. The largest absolute Gasteiger partial charge is 0.332 e. The standard InChI is InChI=1S/C10H10BrN5O/c11-8-5-14-16-9(8)6-13-10(17)15-7-1-3-12-4-2-7/h1-5H,6H2,(H,14,16)(H2,12,13,15,17). The van der Waals surface area contributed by atoms with E-state index in [2.05, 4.69) is 41.7 Å². The quantitative estimate of drug-likeness (QED) is 0.809. The van der Waals surface area contributed by atoms with Crippen molar-refractivity contribution >= 4 is 27.6 Å². The van der Waals surface area contributed by atoms with Crippen molar-refractivity contribution < 1.29 is 4.79 Å². The van der Waals surface area contributed by atoms with Crippen LogP contribution in [0.2, 0.25) is 0 Å². The molecule has 17 heavy (non-hydrogen) atoms. The van der Waals surface area contributed by atoms with Crippen LogP contribution in [0.25, 0.3) is 0 Å². The van der Waals surface area contributed by atoms with Crippen LogP contribution >= 0.6 is 15.9 Å². The Kier molecular flexibility index (Phi) is 3.71. The highest BCUT2D eigenvalue weighted by atomic mass is 79.9. The molecule has 2 amide bonds. The number of nitrogens with one attached hydrogen (secondary N) is 3. The molecule has 2 aromatic rings. The molecule has 2 rings (SSSR count). The van der Waals surface area contributed by atoms with E-state index in [4.69, 9.17) is 0 Å². The fourth-order valence-electron chi connectivity index (χ4n) is 1.20. The first kappa shape index (κ1) is 11.6. The Bertz CT molecular complexity index is 498. The fraction of sp³-hybridized carbons (Fsp3) is 0.100. The normalized spacial score (nSPS) is 9.94. The lowest BCUT2D eigenvalue weighted by Crippen LogP contribution is -2.28. The zero-order valence-electron chi connectivity index (χ0n) is 8.77. The number of hydrogen-bond acceptors (Lipinski definition) is 3. The van der Waals surface area contributed by atoms with Crippen LogP contribution in [0, 0.1) is 0 Å². The van der Waals surface area contributed by atoms with Gasteiger partial charge in [-0.15, -0.1) is 0 Å². The summed E-state index contributed by atoms with van der Waals surface area (Å²) in [5, 5.41) is 12.0. The number of carbonyl (C=O) groups is 1. The van der Waals surface area contributed by atoms with E-state index in [1.165, 1.54) is 0 Å². The van der Waals surface area contributed by atoms with Gasteiger partial charge >= 0.3 is 6.03 Å². The second-order valence-corrected chi connectivity index (χ2v) is 4.09. The number of halogens is 1. The first-order valence-electron chi connectivity index (χ1n) is 4.88. The van der Waals surface area contributed by atoms with E-state index in [-0.39, 0.29) is 6.03 Å².